The molecule has 142 valence electrons. The number of hydrogen-bond donors (Lipinski definition) is 1. The topological polar surface area (TPSA) is 75.7 Å². The smallest absolute Gasteiger partial charge is 0.328 e. The van der Waals surface area contributed by atoms with Crippen LogP contribution in [-0.2, 0) is 19.1 Å². The molecular weight excluding hydrogens is 320 g/mol. The van der Waals surface area contributed by atoms with Gasteiger partial charge in [0.05, 0.1) is 7.11 Å². The molecule has 0 spiro atoms. The van der Waals surface area contributed by atoms with Crippen molar-refractivity contribution in [2.75, 3.05) is 13.7 Å². The normalized spacial score (nSPS) is 23.2. The molecule has 2 fully saturated rings. The number of piperidine rings is 1. The summed E-state index contributed by atoms with van der Waals surface area (Å²) < 4.78 is 4.87. The number of carbonyl (C=O) groups excluding carboxylic acids is 3. The van der Waals surface area contributed by atoms with Crippen molar-refractivity contribution in [2.24, 2.45) is 11.8 Å². The van der Waals surface area contributed by atoms with Crippen molar-refractivity contribution < 1.29 is 19.1 Å². The molecule has 2 rings (SSSR count). The molecule has 0 unspecified atom stereocenters. The summed E-state index contributed by atoms with van der Waals surface area (Å²) in [5.74, 6) is -0.553. The molecule has 0 aromatic rings. The lowest BCUT2D eigenvalue weighted by Gasteiger charge is -2.37. The lowest BCUT2D eigenvalue weighted by molar-refractivity contribution is -0.156. The summed E-state index contributed by atoms with van der Waals surface area (Å²) >= 11 is 0. The van der Waals surface area contributed by atoms with Gasteiger partial charge < -0.3 is 15.0 Å². The van der Waals surface area contributed by atoms with Gasteiger partial charge in [0.15, 0.2) is 0 Å². The predicted molar refractivity (Wildman–Crippen MR) is 94.7 cm³/mol. The number of methoxy groups -OCH3 is 1. The van der Waals surface area contributed by atoms with Crippen LogP contribution in [0.3, 0.4) is 0 Å². The molecule has 2 amide bonds. The van der Waals surface area contributed by atoms with E-state index in [1.165, 1.54) is 13.5 Å². The number of nitrogens with one attached hydrogen (secondary N) is 1. The molecule has 1 aliphatic carbocycles. The van der Waals surface area contributed by atoms with Crippen LogP contribution in [0.25, 0.3) is 0 Å². The first-order valence-electron chi connectivity index (χ1n) is 9.64. The lowest BCUT2D eigenvalue weighted by Crippen LogP contribution is -2.57. The summed E-state index contributed by atoms with van der Waals surface area (Å²) in [6.07, 6.45) is 7.55. The fourth-order valence-electron chi connectivity index (χ4n) is 3.90. The second-order valence-electron chi connectivity index (χ2n) is 7.63. The molecule has 1 N–H and O–H groups in total. The largest absolute Gasteiger partial charge is 0.467 e. The highest BCUT2D eigenvalue weighted by Gasteiger charge is 2.38. The van der Waals surface area contributed by atoms with Crippen molar-refractivity contribution >= 4 is 17.8 Å². The Hall–Kier alpha value is -1.59. The van der Waals surface area contributed by atoms with Crippen LogP contribution in [0.4, 0.5) is 0 Å². The van der Waals surface area contributed by atoms with Gasteiger partial charge in [-0.2, -0.15) is 0 Å². The van der Waals surface area contributed by atoms with Crippen LogP contribution >= 0.6 is 0 Å². The van der Waals surface area contributed by atoms with Crippen LogP contribution in [0.15, 0.2) is 0 Å². The van der Waals surface area contributed by atoms with Crippen molar-refractivity contribution in [1.29, 1.82) is 0 Å². The van der Waals surface area contributed by atoms with E-state index in [0.717, 1.165) is 38.5 Å². The van der Waals surface area contributed by atoms with Gasteiger partial charge in [-0.25, -0.2) is 4.79 Å². The summed E-state index contributed by atoms with van der Waals surface area (Å²) in [6, 6.07) is -1.11. The monoisotopic (exact) mass is 352 g/mol. The molecule has 6 heteroatoms. The molecule has 0 radical (unpaired) electrons. The number of likely N-dealkylation sites (tertiary alicyclic amines) is 1. The molecule has 1 saturated heterocycles. The SMILES string of the molecule is COC(=O)[C@@H]1CCCCN1C(=O)[C@@H](NC(=O)C1CCCCC1)C(C)C. The third-order valence-corrected chi connectivity index (χ3v) is 5.47. The number of rotatable bonds is 5. The lowest BCUT2D eigenvalue weighted by atomic mass is 9.88. The molecule has 0 bridgehead atoms. The molecule has 25 heavy (non-hydrogen) atoms. The quantitative estimate of drug-likeness (QED) is 0.770. The summed E-state index contributed by atoms with van der Waals surface area (Å²) in [4.78, 5) is 39.3. The number of hydrogen-bond acceptors (Lipinski definition) is 4. The highest BCUT2D eigenvalue weighted by atomic mass is 16.5. The van der Waals surface area contributed by atoms with E-state index in [-0.39, 0.29) is 29.6 Å². The minimum atomic E-state index is -0.584. The first-order valence-corrected chi connectivity index (χ1v) is 9.64. The average Bonchev–Trinajstić information content (AvgIpc) is 2.65. The summed E-state index contributed by atoms with van der Waals surface area (Å²) in [5, 5.41) is 2.98. The predicted octanol–water partition coefficient (Wildman–Crippen LogP) is 2.26. The van der Waals surface area contributed by atoms with Gasteiger partial charge in [-0.1, -0.05) is 33.1 Å². The Morgan fingerprint density at radius 2 is 1.64 bits per heavy atom. The van der Waals surface area contributed by atoms with Crippen LogP contribution in [0.1, 0.15) is 65.2 Å². The highest BCUT2D eigenvalue weighted by Crippen LogP contribution is 2.25. The van der Waals surface area contributed by atoms with Gasteiger partial charge in [0.2, 0.25) is 11.8 Å². The minimum absolute atomic E-state index is 0.0144. The summed E-state index contributed by atoms with van der Waals surface area (Å²) in [5.41, 5.74) is 0. The Morgan fingerprint density at radius 1 is 1.00 bits per heavy atom. The second kappa shape index (κ2) is 9.20. The number of amides is 2. The average molecular weight is 352 g/mol. The van der Waals surface area contributed by atoms with Gasteiger partial charge in [0, 0.05) is 12.5 Å². The van der Waals surface area contributed by atoms with Crippen molar-refractivity contribution in [3.05, 3.63) is 0 Å². The Kier molecular flexibility index (Phi) is 7.26. The van der Waals surface area contributed by atoms with Gasteiger partial charge in [-0.15, -0.1) is 0 Å². The molecular formula is C19H32N2O4. The summed E-state index contributed by atoms with van der Waals surface area (Å²) in [6.45, 7) is 4.41. The maximum atomic E-state index is 13.1. The summed E-state index contributed by atoms with van der Waals surface area (Å²) in [7, 11) is 1.35. The van der Waals surface area contributed by atoms with Gasteiger partial charge in [-0.3, -0.25) is 9.59 Å². The standard InChI is InChI=1S/C19H32N2O4/c1-13(2)16(20-17(22)14-9-5-4-6-10-14)18(23)21-12-8-7-11-15(21)19(24)25-3/h13-16H,4-12H2,1-3H3,(H,20,22)/t15-,16-/m0/s1. The van der Waals surface area contributed by atoms with E-state index in [1.54, 1.807) is 4.90 Å². The van der Waals surface area contributed by atoms with E-state index >= 15 is 0 Å². The molecule has 0 aromatic heterocycles. The zero-order valence-electron chi connectivity index (χ0n) is 15.8. The highest BCUT2D eigenvalue weighted by molar-refractivity contribution is 5.91. The van der Waals surface area contributed by atoms with E-state index in [1.807, 2.05) is 13.8 Å². The van der Waals surface area contributed by atoms with E-state index in [2.05, 4.69) is 5.32 Å². The maximum Gasteiger partial charge on any atom is 0.328 e. The van der Waals surface area contributed by atoms with Crippen LogP contribution in [-0.4, -0.2) is 48.4 Å². The number of ether oxygens (including phenoxy) is 1. The molecule has 1 aliphatic heterocycles. The fourth-order valence-corrected chi connectivity index (χ4v) is 3.90. The van der Waals surface area contributed by atoms with E-state index in [0.29, 0.717) is 13.0 Å². The molecule has 2 atom stereocenters. The molecule has 1 heterocycles. The molecule has 1 saturated carbocycles. The van der Waals surface area contributed by atoms with Crippen molar-refractivity contribution in [3.63, 3.8) is 0 Å². The van der Waals surface area contributed by atoms with Crippen LogP contribution in [0.5, 0.6) is 0 Å². The van der Waals surface area contributed by atoms with Gasteiger partial charge in [0.1, 0.15) is 12.1 Å². The minimum Gasteiger partial charge on any atom is -0.467 e. The van der Waals surface area contributed by atoms with Crippen LogP contribution < -0.4 is 5.32 Å². The third-order valence-electron chi connectivity index (χ3n) is 5.47. The van der Waals surface area contributed by atoms with Gasteiger partial charge in [-0.05, 0) is 38.0 Å². The fraction of sp³-hybridized carbons (Fsp3) is 0.842. The Bertz CT molecular complexity index is 486. The van der Waals surface area contributed by atoms with Crippen molar-refractivity contribution in [1.82, 2.24) is 10.2 Å². The Labute approximate surface area is 150 Å². The second-order valence-corrected chi connectivity index (χ2v) is 7.63. The third kappa shape index (κ3) is 4.95. The van der Waals surface area contributed by atoms with E-state index in [9.17, 15) is 14.4 Å². The van der Waals surface area contributed by atoms with Crippen molar-refractivity contribution in [2.45, 2.75) is 77.3 Å². The van der Waals surface area contributed by atoms with E-state index < -0.39 is 12.1 Å². The van der Waals surface area contributed by atoms with E-state index in [4.69, 9.17) is 4.74 Å². The molecule has 2 aliphatic rings. The molecule has 6 nitrogen and oxygen atoms in total. The zero-order chi connectivity index (χ0) is 18.4. The first-order chi connectivity index (χ1) is 12.0. The number of nitrogens with zero attached hydrogens (tertiary/aromatic N) is 1. The van der Waals surface area contributed by atoms with Crippen LogP contribution in [0.2, 0.25) is 0 Å². The van der Waals surface area contributed by atoms with Gasteiger partial charge in [0.25, 0.3) is 0 Å². The Balaban J connectivity index is 2.07. The maximum absolute atomic E-state index is 13.1. The van der Waals surface area contributed by atoms with Crippen molar-refractivity contribution in [3.8, 4) is 0 Å². The Morgan fingerprint density at radius 3 is 2.24 bits per heavy atom. The zero-order valence-corrected chi connectivity index (χ0v) is 15.8. The first kappa shape index (κ1) is 19.7. The molecule has 0 aromatic carbocycles. The number of carbonyl (C=O) groups is 3. The van der Waals surface area contributed by atoms with Gasteiger partial charge >= 0.3 is 5.97 Å². The van der Waals surface area contributed by atoms with Crippen LogP contribution in [0, 0.1) is 11.8 Å². The number of esters is 1.